The molecule has 0 spiro atoms. The van der Waals surface area contributed by atoms with Crippen molar-refractivity contribution in [3.05, 3.63) is 60.0 Å². The van der Waals surface area contributed by atoms with E-state index in [0.717, 1.165) is 5.56 Å². The monoisotopic (exact) mass is 439 g/mol. The molecule has 0 aliphatic carbocycles. The van der Waals surface area contributed by atoms with Gasteiger partial charge in [-0.1, -0.05) is 30.3 Å². The number of nitrogens with two attached hydrogens (primary N) is 1. The number of aliphatic hydroxyl groups excluding tert-OH is 2. The largest absolute Gasteiger partial charge is 0.508 e. The highest BCUT2D eigenvalue weighted by Crippen LogP contribution is 2.40. The fourth-order valence-corrected chi connectivity index (χ4v) is 3.67. The van der Waals surface area contributed by atoms with Crippen LogP contribution in [-0.2, 0) is 19.8 Å². The molecular weight excluding hydrogens is 418 g/mol. The zero-order valence-electron chi connectivity index (χ0n) is 17.0. The first-order chi connectivity index (χ1) is 15.4. The molecule has 1 saturated heterocycles. The van der Waals surface area contributed by atoms with Crippen LogP contribution in [0.1, 0.15) is 24.3 Å². The van der Waals surface area contributed by atoms with Crippen molar-refractivity contribution in [2.75, 3.05) is 12.3 Å². The van der Waals surface area contributed by atoms with Gasteiger partial charge in [-0.05, 0) is 24.6 Å². The molecule has 166 valence electrons. The van der Waals surface area contributed by atoms with Crippen LogP contribution >= 0.6 is 0 Å². The number of benzene rings is 1. The van der Waals surface area contributed by atoms with Crippen molar-refractivity contribution < 1.29 is 29.2 Å². The zero-order chi connectivity index (χ0) is 22.9. The van der Waals surface area contributed by atoms with Crippen LogP contribution in [0, 0.1) is 11.3 Å². The van der Waals surface area contributed by atoms with Crippen molar-refractivity contribution in [3.63, 3.8) is 0 Å². The average molecular weight is 439 g/mol. The highest BCUT2D eigenvalue weighted by atomic mass is 16.7. The third-order valence-corrected chi connectivity index (χ3v) is 5.39. The van der Waals surface area contributed by atoms with Crippen molar-refractivity contribution in [1.29, 1.82) is 5.26 Å². The van der Waals surface area contributed by atoms with Gasteiger partial charge in [0.2, 0.25) is 5.60 Å². The zero-order valence-corrected chi connectivity index (χ0v) is 17.0. The van der Waals surface area contributed by atoms with E-state index in [1.54, 1.807) is 25.1 Å². The Labute approximate surface area is 182 Å². The standard InChI is InChI=1S/C21H21N5O6/c1-12(13-5-3-2-4-6-13)31-20(29)30-9-15-17(27)18(28)21(10-22,32-15)16-8-7-14-19(23)24-11-25-26(14)16/h2-8,11-12,15,17-18,27-28H,9H2,1H3,(H2,23,24,25)/t12-,15-,17-,18-,21+/m1/s1. The molecule has 5 atom stereocenters. The number of carbonyl (C=O) groups is 1. The SMILES string of the molecule is C[C@@H](OC(=O)OC[C@H]1O[C@@](C#N)(c2ccc3c(N)ncnn23)[C@H](O)[C@@H]1O)c1ccccc1. The normalized spacial score (nSPS) is 25.9. The predicted molar refractivity (Wildman–Crippen MR) is 109 cm³/mol. The first kappa shape index (κ1) is 21.5. The Bertz CT molecular complexity index is 1160. The summed E-state index contributed by atoms with van der Waals surface area (Å²) >= 11 is 0. The maximum atomic E-state index is 12.1. The fraction of sp³-hybridized carbons (Fsp3) is 0.333. The van der Waals surface area contributed by atoms with Crippen molar-refractivity contribution in [3.8, 4) is 6.07 Å². The third kappa shape index (κ3) is 3.60. The molecule has 1 aromatic carbocycles. The van der Waals surface area contributed by atoms with Crippen molar-refractivity contribution in [2.45, 2.75) is 36.9 Å². The lowest BCUT2D eigenvalue weighted by molar-refractivity contribution is -0.0744. The van der Waals surface area contributed by atoms with Gasteiger partial charge >= 0.3 is 6.16 Å². The van der Waals surface area contributed by atoms with Gasteiger partial charge in [-0.25, -0.2) is 14.3 Å². The van der Waals surface area contributed by atoms with Crippen LogP contribution in [0.15, 0.2) is 48.8 Å². The highest BCUT2D eigenvalue weighted by Gasteiger charge is 2.57. The van der Waals surface area contributed by atoms with E-state index < -0.39 is 42.8 Å². The summed E-state index contributed by atoms with van der Waals surface area (Å²) in [6.07, 6.45) is -4.68. The van der Waals surface area contributed by atoms with Crippen molar-refractivity contribution in [2.24, 2.45) is 0 Å². The number of hydrogen-bond acceptors (Lipinski definition) is 10. The molecule has 11 nitrogen and oxygen atoms in total. The van der Waals surface area contributed by atoms with Crippen LogP contribution in [0.4, 0.5) is 10.6 Å². The Morgan fingerprint density at radius 3 is 2.81 bits per heavy atom. The molecule has 0 radical (unpaired) electrons. The Hall–Kier alpha value is -3.72. The Balaban J connectivity index is 1.48. The number of rotatable bonds is 5. The summed E-state index contributed by atoms with van der Waals surface area (Å²) in [5, 5.41) is 35.1. The highest BCUT2D eigenvalue weighted by molar-refractivity contribution is 5.66. The van der Waals surface area contributed by atoms with Gasteiger partial charge in [0, 0.05) is 0 Å². The summed E-state index contributed by atoms with van der Waals surface area (Å²) in [4.78, 5) is 16.0. The van der Waals surface area contributed by atoms with Crippen molar-refractivity contribution in [1.82, 2.24) is 14.6 Å². The van der Waals surface area contributed by atoms with Gasteiger partial charge < -0.3 is 30.2 Å². The van der Waals surface area contributed by atoms with Crippen LogP contribution < -0.4 is 5.73 Å². The second-order valence-electron chi connectivity index (χ2n) is 7.33. The van der Waals surface area contributed by atoms with Gasteiger partial charge in [0.05, 0.1) is 5.69 Å². The molecule has 2 aromatic heterocycles. The van der Waals surface area contributed by atoms with Gasteiger partial charge in [0.1, 0.15) is 48.9 Å². The quantitative estimate of drug-likeness (QED) is 0.489. The lowest BCUT2D eigenvalue weighted by atomic mass is 9.92. The number of nitrogen functional groups attached to an aromatic ring is 1. The molecule has 4 rings (SSSR count). The van der Waals surface area contributed by atoms with Gasteiger partial charge in [0.15, 0.2) is 5.82 Å². The number of hydrogen-bond donors (Lipinski definition) is 3. The lowest BCUT2D eigenvalue weighted by Crippen LogP contribution is -2.41. The molecule has 3 aromatic rings. The Morgan fingerprint density at radius 2 is 2.09 bits per heavy atom. The maximum Gasteiger partial charge on any atom is 0.508 e. The second kappa shape index (κ2) is 8.43. The van der Waals surface area contributed by atoms with E-state index in [1.807, 2.05) is 24.3 Å². The molecule has 0 saturated carbocycles. The molecule has 1 fully saturated rings. The molecule has 0 amide bonds. The molecule has 0 unspecified atom stereocenters. The number of fused-ring (bicyclic) bond motifs is 1. The van der Waals surface area contributed by atoms with Crippen LogP contribution in [0.2, 0.25) is 0 Å². The number of nitriles is 1. The summed E-state index contributed by atoms with van der Waals surface area (Å²) in [6, 6.07) is 14.1. The van der Waals surface area contributed by atoms with Crippen LogP contribution in [0.5, 0.6) is 0 Å². The summed E-state index contributed by atoms with van der Waals surface area (Å²) < 4.78 is 17.3. The van der Waals surface area contributed by atoms with Gasteiger partial charge in [0.25, 0.3) is 0 Å². The van der Waals surface area contributed by atoms with E-state index in [1.165, 1.54) is 16.9 Å². The predicted octanol–water partition coefficient (Wildman–Crippen LogP) is 1.07. The molecule has 32 heavy (non-hydrogen) atoms. The Morgan fingerprint density at radius 1 is 1.34 bits per heavy atom. The first-order valence-corrected chi connectivity index (χ1v) is 9.79. The van der Waals surface area contributed by atoms with E-state index in [9.17, 15) is 20.3 Å². The molecular formula is C21H21N5O6. The van der Waals surface area contributed by atoms with E-state index >= 15 is 0 Å². The molecule has 1 aliphatic rings. The van der Waals surface area contributed by atoms with E-state index in [0.29, 0.717) is 5.52 Å². The molecule has 1 aliphatic heterocycles. The number of ether oxygens (including phenoxy) is 3. The summed E-state index contributed by atoms with van der Waals surface area (Å²) in [5.74, 6) is 0.169. The topological polar surface area (TPSA) is 165 Å². The third-order valence-electron chi connectivity index (χ3n) is 5.39. The second-order valence-corrected chi connectivity index (χ2v) is 7.33. The molecule has 4 N–H and O–H groups in total. The molecule has 3 heterocycles. The maximum absolute atomic E-state index is 12.1. The number of anilines is 1. The Kier molecular flexibility index (Phi) is 5.67. The van der Waals surface area contributed by atoms with Gasteiger partial charge in [-0.15, -0.1) is 0 Å². The van der Waals surface area contributed by atoms with Crippen LogP contribution in [-0.4, -0.2) is 55.9 Å². The van der Waals surface area contributed by atoms with Crippen LogP contribution in [0.3, 0.4) is 0 Å². The van der Waals surface area contributed by atoms with Crippen LogP contribution in [0.25, 0.3) is 5.52 Å². The lowest BCUT2D eigenvalue weighted by Gasteiger charge is -2.24. The minimum absolute atomic E-state index is 0.151. The summed E-state index contributed by atoms with van der Waals surface area (Å²) in [7, 11) is 0. The number of aromatic nitrogens is 3. The minimum atomic E-state index is -1.97. The van der Waals surface area contributed by atoms with Gasteiger partial charge in [-0.3, -0.25) is 0 Å². The average Bonchev–Trinajstić information content (AvgIpc) is 3.34. The summed E-state index contributed by atoms with van der Waals surface area (Å²) in [5.41, 5.74) is 5.19. The number of aliphatic hydroxyl groups is 2. The number of nitrogens with zero attached hydrogens (tertiary/aromatic N) is 4. The van der Waals surface area contributed by atoms with E-state index in [4.69, 9.17) is 19.9 Å². The van der Waals surface area contributed by atoms with E-state index in [-0.39, 0.29) is 11.5 Å². The molecule has 0 bridgehead atoms. The fourth-order valence-electron chi connectivity index (χ4n) is 3.67. The van der Waals surface area contributed by atoms with Crippen molar-refractivity contribution >= 4 is 17.5 Å². The minimum Gasteiger partial charge on any atom is -0.431 e. The smallest absolute Gasteiger partial charge is 0.431 e. The molecule has 11 heteroatoms. The number of carbonyl (C=O) groups excluding carboxylic acids is 1. The van der Waals surface area contributed by atoms with Gasteiger partial charge in [-0.2, -0.15) is 10.4 Å². The van der Waals surface area contributed by atoms with E-state index in [2.05, 4.69) is 10.1 Å². The first-order valence-electron chi connectivity index (χ1n) is 9.79. The summed E-state index contributed by atoms with van der Waals surface area (Å²) in [6.45, 7) is 1.25.